The van der Waals surface area contributed by atoms with E-state index in [4.69, 9.17) is 10.2 Å². The molecule has 1 saturated heterocycles. The van der Waals surface area contributed by atoms with Crippen molar-refractivity contribution in [1.29, 1.82) is 0 Å². The van der Waals surface area contributed by atoms with Crippen LogP contribution in [0.5, 0.6) is 0 Å². The minimum Gasteiger partial charge on any atom is -0.444 e. The first-order chi connectivity index (χ1) is 7.08. The van der Waals surface area contributed by atoms with Gasteiger partial charge in [0.25, 0.3) is 5.91 Å². The first-order valence-electron chi connectivity index (χ1n) is 4.88. The predicted molar refractivity (Wildman–Crippen MR) is 59.5 cm³/mol. The van der Waals surface area contributed by atoms with Gasteiger partial charge in [-0.15, -0.1) is 0 Å². The number of nitrogens with two attached hydrogens (primary N) is 1. The number of furan rings is 1. The Morgan fingerprint density at radius 3 is 2.80 bits per heavy atom. The molecule has 2 rings (SSSR count). The van der Waals surface area contributed by atoms with Gasteiger partial charge in [-0.2, -0.15) is 0 Å². The Balaban J connectivity index is 2.10. The van der Waals surface area contributed by atoms with E-state index >= 15 is 0 Å². The van der Waals surface area contributed by atoms with Gasteiger partial charge in [-0.3, -0.25) is 4.79 Å². The summed E-state index contributed by atoms with van der Waals surface area (Å²) in [5, 5.41) is 0. The second-order valence-corrected chi connectivity index (χ2v) is 4.74. The van der Waals surface area contributed by atoms with Crippen LogP contribution >= 0.6 is 15.9 Å². The number of hydrogen-bond acceptors (Lipinski definition) is 3. The van der Waals surface area contributed by atoms with Crippen molar-refractivity contribution >= 4 is 21.8 Å². The van der Waals surface area contributed by atoms with Crippen LogP contribution in [0.1, 0.15) is 17.5 Å². The maximum Gasteiger partial charge on any atom is 0.289 e. The summed E-state index contributed by atoms with van der Waals surface area (Å²) in [6, 6.07) is 3.46. The van der Waals surface area contributed by atoms with Gasteiger partial charge >= 0.3 is 0 Å². The van der Waals surface area contributed by atoms with Crippen molar-refractivity contribution < 1.29 is 9.21 Å². The van der Waals surface area contributed by atoms with Gasteiger partial charge < -0.3 is 15.1 Å². The molecule has 0 bridgehead atoms. The van der Waals surface area contributed by atoms with Crippen molar-refractivity contribution in [1.82, 2.24) is 4.90 Å². The normalized spacial score (nSPS) is 25.9. The molecule has 1 amide bonds. The summed E-state index contributed by atoms with van der Waals surface area (Å²) in [6.45, 7) is 3.37. The number of amides is 1. The lowest BCUT2D eigenvalue weighted by Gasteiger charge is -2.13. The lowest BCUT2D eigenvalue weighted by Crippen LogP contribution is -2.31. The average molecular weight is 273 g/mol. The molecule has 1 aromatic heterocycles. The summed E-state index contributed by atoms with van der Waals surface area (Å²) in [4.78, 5) is 13.6. The average Bonchev–Trinajstić information content (AvgIpc) is 2.74. The van der Waals surface area contributed by atoms with Crippen LogP contribution in [0.15, 0.2) is 21.2 Å². The first-order valence-corrected chi connectivity index (χ1v) is 5.67. The molecule has 2 unspecified atom stereocenters. The van der Waals surface area contributed by atoms with Crippen LogP contribution < -0.4 is 5.73 Å². The Morgan fingerprint density at radius 2 is 2.33 bits per heavy atom. The van der Waals surface area contributed by atoms with E-state index in [1.807, 2.05) is 0 Å². The highest BCUT2D eigenvalue weighted by Crippen LogP contribution is 2.20. The molecule has 0 aromatic carbocycles. The highest BCUT2D eigenvalue weighted by Gasteiger charge is 2.31. The van der Waals surface area contributed by atoms with E-state index in [9.17, 15) is 4.79 Å². The molecule has 4 nitrogen and oxygen atoms in total. The van der Waals surface area contributed by atoms with E-state index in [1.165, 1.54) is 0 Å². The van der Waals surface area contributed by atoms with E-state index in [0.717, 1.165) is 0 Å². The lowest BCUT2D eigenvalue weighted by atomic mass is 10.1. The van der Waals surface area contributed by atoms with Crippen LogP contribution in [0.2, 0.25) is 0 Å². The molecule has 0 spiro atoms. The maximum atomic E-state index is 11.9. The molecule has 5 heteroatoms. The largest absolute Gasteiger partial charge is 0.444 e. The van der Waals surface area contributed by atoms with Crippen molar-refractivity contribution in [3.63, 3.8) is 0 Å². The molecule has 0 saturated carbocycles. The zero-order valence-corrected chi connectivity index (χ0v) is 10.0. The highest BCUT2D eigenvalue weighted by molar-refractivity contribution is 9.10. The number of halogens is 1. The molecule has 1 aromatic rings. The fraction of sp³-hybridized carbons (Fsp3) is 0.500. The van der Waals surface area contributed by atoms with E-state index in [-0.39, 0.29) is 11.9 Å². The third-order valence-corrected chi connectivity index (χ3v) is 3.17. The quantitative estimate of drug-likeness (QED) is 0.842. The predicted octanol–water partition coefficient (Wildman–Crippen LogP) is 1.46. The molecule has 1 fully saturated rings. The van der Waals surface area contributed by atoms with E-state index in [2.05, 4.69) is 22.9 Å². The van der Waals surface area contributed by atoms with Crippen LogP contribution in [-0.4, -0.2) is 29.9 Å². The zero-order valence-electron chi connectivity index (χ0n) is 8.44. The Morgan fingerprint density at radius 1 is 1.60 bits per heavy atom. The summed E-state index contributed by atoms with van der Waals surface area (Å²) >= 11 is 3.17. The van der Waals surface area contributed by atoms with Gasteiger partial charge in [0, 0.05) is 19.1 Å². The first kappa shape index (κ1) is 10.7. The summed E-state index contributed by atoms with van der Waals surface area (Å²) in [5.74, 6) is 0.635. The number of carbonyl (C=O) groups is 1. The van der Waals surface area contributed by atoms with Gasteiger partial charge in [0.05, 0.1) is 0 Å². The monoisotopic (exact) mass is 272 g/mol. The topological polar surface area (TPSA) is 59.5 Å². The standard InChI is InChI=1S/C10H13BrN2O2/c1-6-4-13(5-7(6)12)10(14)8-2-3-9(11)15-8/h2-3,6-7H,4-5,12H2,1H3. The molecule has 2 atom stereocenters. The third-order valence-electron chi connectivity index (χ3n) is 2.74. The lowest BCUT2D eigenvalue weighted by molar-refractivity contribution is 0.0754. The second-order valence-electron chi connectivity index (χ2n) is 3.96. The molecule has 82 valence electrons. The Bertz CT molecular complexity index is 367. The van der Waals surface area contributed by atoms with E-state index in [1.54, 1.807) is 17.0 Å². The second kappa shape index (κ2) is 3.98. The number of hydrogen-bond donors (Lipinski definition) is 1. The van der Waals surface area contributed by atoms with Crippen molar-refractivity contribution in [3.8, 4) is 0 Å². The highest BCUT2D eigenvalue weighted by atomic mass is 79.9. The number of nitrogens with zero attached hydrogens (tertiary/aromatic N) is 1. The van der Waals surface area contributed by atoms with Crippen molar-refractivity contribution in [2.45, 2.75) is 13.0 Å². The third kappa shape index (κ3) is 2.08. The number of carbonyl (C=O) groups excluding carboxylic acids is 1. The SMILES string of the molecule is CC1CN(C(=O)c2ccc(Br)o2)CC1N. The van der Waals surface area contributed by atoms with Crippen LogP contribution in [0.25, 0.3) is 0 Å². The zero-order chi connectivity index (χ0) is 11.0. The van der Waals surface area contributed by atoms with Crippen molar-refractivity contribution in [2.75, 3.05) is 13.1 Å². The molecule has 15 heavy (non-hydrogen) atoms. The van der Waals surface area contributed by atoms with Crippen LogP contribution in [0.4, 0.5) is 0 Å². The molecule has 1 aliphatic rings. The molecular formula is C10H13BrN2O2. The fourth-order valence-electron chi connectivity index (χ4n) is 1.74. The van der Waals surface area contributed by atoms with Crippen molar-refractivity contribution in [2.24, 2.45) is 11.7 Å². The number of rotatable bonds is 1. The summed E-state index contributed by atoms with van der Waals surface area (Å²) in [6.07, 6.45) is 0. The molecule has 0 radical (unpaired) electrons. The Kier molecular flexibility index (Phi) is 2.84. The molecule has 2 N–H and O–H groups in total. The summed E-state index contributed by atoms with van der Waals surface area (Å²) < 4.78 is 5.78. The van der Waals surface area contributed by atoms with Gasteiger partial charge in [0.15, 0.2) is 10.4 Å². The van der Waals surface area contributed by atoms with Crippen LogP contribution in [0.3, 0.4) is 0 Å². The summed E-state index contributed by atoms with van der Waals surface area (Å²) in [5.41, 5.74) is 5.86. The van der Waals surface area contributed by atoms with E-state index < -0.39 is 0 Å². The van der Waals surface area contributed by atoms with Crippen LogP contribution in [0, 0.1) is 5.92 Å². The Hall–Kier alpha value is -0.810. The molecule has 2 heterocycles. The Labute approximate surface area is 96.5 Å². The summed E-state index contributed by atoms with van der Waals surface area (Å²) in [7, 11) is 0. The van der Waals surface area contributed by atoms with Crippen molar-refractivity contribution in [3.05, 3.63) is 22.6 Å². The van der Waals surface area contributed by atoms with Gasteiger partial charge in [0.1, 0.15) is 0 Å². The number of likely N-dealkylation sites (tertiary alicyclic amines) is 1. The minimum absolute atomic E-state index is 0.0763. The maximum absolute atomic E-state index is 11.9. The molecule has 0 aliphatic carbocycles. The van der Waals surface area contributed by atoms with Crippen LogP contribution in [-0.2, 0) is 0 Å². The van der Waals surface area contributed by atoms with Gasteiger partial charge in [-0.25, -0.2) is 0 Å². The van der Waals surface area contributed by atoms with Gasteiger partial charge in [-0.1, -0.05) is 6.92 Å². The van der Waals surface area contributed by atoms with Gasteiger partial charge in [0.2, 0.25) is 0 Å². The fourth-order valence-corrected chi connectivity index (χ4v) is 2.05. The minimum atomic E-state index is -0.0829. The molecule has 1 aliphatic heterocycles. The van der Waals surface area contributed by atoms with Gasteiger partial charge in [-0.05, 0) is 34.0 Å². The smallest absolute Gasteiger partial charge is 0.289 e. The van der Waals surface area contributed by atoms with E-state index in [0.29, 0.717) is 29.4 Å². The molecular weight excluding hydrogens is 260 g/mol.